The van der Waals surface area contributed by atoms with Crippen LogP contribution in [0.15, 0.2) is 12.3 Å². The molecular weight excluding hydrogens is 254 g/mol. The number of pyridine rings is 1. The van der Waals surface area contributed by atoms with E-state index in [0.29, 0.717) is 5.56 Å². The number of rotatable bonds is 7. The second-order valence-electron chi connectivity index (χ2n) is 3.87. The second kappa shape index (κ2) is 6.64. The lowest BCUT2D eigenvalue weighted by Gasteiger charge is -2.21. The van der Waals surface area contributed by atoms with Crippen LogP contribution >= 0.6 is 0 Å². The van der Waals surface area contributed by atoms with Gasteiger partial charge in [-0.15, -0.1) is 0 Å². The Labute approximate surface area is 109 Å². The molecule has 104 valence electrons. The predicted molar refractivity (Wildman–Crippen MR) is 67.4 cm³/mol. The molecule has 1 heterocycles. The summed E-state index contributed by atoms with van der Waals surface area (Å²) in [5.41, 5.74) is 0.252. The van der Waals surface area contributed by atoms with Crippen LogP contribution in [0, 0.1) is 17.0 Å². The Balaban J connectivity index is 3.16. The van der Waals surface area contributed by atoms with Crippen molar-refractivity contribution in [1.29, 1.82) is 0 Å². The Bertz CT molecular complexity index is 477. The Morgan fingerprint density at radius 3 is 2.84 bits per heavy atom. The topological polar surface area (TPSA) is 106 Å². The van der Waals surface area contributed by atoms with Gasteiger partial charge in [0.2, 0.25) is 5.82 Å². The minimum Gasteiger partial charge on any atom is -0.480 e. The fourth-order valence-corrected chi connectivity index (χ4v) is 1.62. The molecule has 0 aromatic carbocycles. The van der Waals surface area contributed by atoms with Crippen molar-refractivity contribution in [2.45, 2.75) is 6.92 Å². The molecule has 0 bridgehead atoms. The van der Waals surface area contributed by atoms with E-state index in [1.807, 2.05) is 0 Å². The first kappa shape index (κ1) is 14.8. The molecule has 0 radical (unpaired) electrons. The summed E-state index contributed by atoms with van der Waals surface area (Å²) in [5, 5.41) is 19.9. The number of carbonyl (C=O) groups is 1. The fraction of sp³-hybridized carbons (Fsp3) is 0.455. The molecule has 0 atom stereocenters. The van der Waals surface area contributed by atoms with Gasteiger partial charge in [-0.25, -0.2) is 4.98 Å². The number of nitrogens with zero attached hydrogens (tertiary/aromatic N) is 3. The molecule has 8 nitrogen and oxygen atoms in total. The zero-order valence-corrected chi connectivity index (χ0v) is 10.7. The summed E-state index contributed by atoms with van der Waals surface area (Å²) in [6, 6.07) is 1.51. The SMILES string of the molecule is COCCN(CC(=O)O)c1nccc(C)c1[N+](=O)[O-]. The first-order chi connectivity index (χ1) is 8.97. The Morgan fingerprint density at radius 2 is 2.32 bits per heavy atom. The minimum atomic E-state index is -1.09. The zero-order valence-electron chi connectivity index (χ0n) is 10.7. The zero-order chi connectivity index (χ0) is 14.4. The molecule has 0 amide bonds. The van der Waals surface area contributed by atoms with E-state index in [1.54, 1.807) is 6.92 Å². The monoisotopic (exact) mass is 269 g/mol. The summed E-state index contributed by atoms with van der Waals surface area (Å²) >= 11 is 0. The molecule has 0 aliphatic carbocycles. The van der Waals surface area contributed by atoms with Crippen molar-refractivity contribution < 1.29 is 19.6 Å². The maximum atomic E-state index is 11.1. The lowest BCUT2D eigenvalue weighted by Crippen LogP contribution is -2.34. The normalized spacial score (nSPS) is 10.2. The van der Waals surface area contributed by atoms with Gasteiger partial charge in [0.05, 0.1) is 11.5 Å². The number of aromatic nitrogens is 1. The van der Waals surface area contributed by atoms with Gasteiger partial charge in [0.1, 0.15) is 6.54 Å². The summed E-state index contributed by atoms with van der Waals surface area (Å²) in [6.45, 7) is 1.67. The second-order valence-corrected chi connectivity index (χ2v) is 3.87. The van der Waals surface area contributed by atoms with E-state index >= 15 is 0 Å². The lowest BCUT2D eigenvalue weighted by atomic mass is 10.2. The molecule has 0 aliphatic rings. The van der Waals surface area contributed by atoms with Gasteiger partial charge in [-0.2, -0.15) is 0 Å². The molecule has 0 spiro atoms. The fourth-order valence-electron chi connectivity index (χ4n) is 1.62. The highest BCUT2D eigenvalue weighted by Crippen LogP contribution is 2.28. The Kier molecular flexibility index (Phi) is 5.19. The minimum absolute atomic E-state index is 0.0458. The van der Waals surface area contributed by atoms with E-state index in [4.69, 9.17) is 9.84 Å². The highest BCUT2D eigenvalue weighted by Gasteiger charge is 2.24. The van der Waals surface area contributed by atoms with Crippen LogP contribution in [-0.4, -0.2) is 47.8 Å². The van der Waals surface area contributed by atoms with Gasteiger partial charge in [0, 0.05) is 25.4 Å². The van der Waals surface area contributed by atoms with Crippen molar-refractivity contribution in [3.8, 4) is 0 Å². The van der Waals surface area contributed by atoms with Gasteiger partial charge in [0.25, 0.3) is 0 Å². The van der Waals surface area contributed by atoms with Gasteiger partial charge in [-0.1, -0.05) is 0 Å². The molecule has 0 saturated heterocycles. The summed E-state index contributed by atoms with van der Waals surface area (Å²) in [7, 11) is 1.47. The number of carboxylic acids is 1. The first-order valence-corrected chi connectivity index (χ1v) is 5.53. The summed E-state index contributed by atoms with van der Waals surface area (Å²) in [6.07, 6.45) is 1.42. The number of methoxy groups -OCH3 is 1. The maximum Gasteiger partial charge on any atom is 0.323 e. The third-order valence-electron chi connectivity index (χ3n) is 2.48. The van der Waals surface area contributed by atoms with E-state index in [-0.39, 0.29) is 31.2 Å². The predicted octanol–water partition coefficient (Wildman–Crippen LogP) is 0.836. The first-order valence-electron chi connectivity index (χ1n) is 5.53. The van der Waals surface area contributed by atoms with E-state index in [9.17, 15) is 14.9 Å². The average Bonchev–Trinajstić information content (AvgIpc) is 2.33. The van der Waals surface area contributed by atoms with Gasteiger partial charge in [-0.05, 0) is 13.0 Å². The van der Waals surface area contributed by atoms with Crippen LogP contribution in [-0.2, 0) is 9.53 Å². The molecule has 1 N–H and O–H groups in total. The number of hydrogen-bond acceptors (Lipinski definition) is 6. The highest BCUT2D eigenvalue weighted by atomic mass is 16.6. The standard InChI is InChI=1S/C11H15N3O5/c1-8-3-4-12-11(10(8)14(17)18)13(5-6-19-2)7-9(15)16/h3-4H,5-7H2,1-2H3,(H,15,16). The summed E-state index contributed by atoms with van der Waals surface area (Å²) in [5.74, 6) is -1.04. The molecule has 0 unspecified atom stereocenters. The smallest absolute Gasteiger partial charge is 0.323 e. The molecule has 19 heavy (non-hydrogen) atoms. The molecule has 8 heteroatoms. The van der Waals surface area contributed by atoms with Crippen LogP contribution in [0.1, 0.15) is 5.56 Å². The summed E-state index contributed by atoms with van der Waals surface area (Å²) < 4.78 is 4.87. The van der Waals surface area contributed by atoms with Crippen LogP contribution in [0.4, 0.5) is 11.5 Å². The van der Waals surface area contributed by atoms with Gasteiger partial charge in [-0.3, -0.25) is 14.9 Å². The molecule has 1 rings (SSSR count). The largest absolute Gasteiger partial charge is 0.480 e. The van der Waals surface area contributed by atoms with Crippen molar-refractivity contribution in [3.05, 3.63) is 27.9 Å². The molecule has 1 aromatic rings. The van der Waals surface area contributed by atoms with Gasteiger partial charge in [0.15, 0.2) is 0 Å². The molecule has 0 aliphatic heterocycles. The third kappa shape index (κ3) is 3.88. The van der Waals surface area contributed by atoms with E-state index in [1.165, 1.54) is 24.3 Å². The quantitative estimate of drug-likeness (QED) is 0.577. The van der Waals surface area contributed by atoms with Crippen LogP contribution in [0.3, 0.4) is 0 Å². The van der Waals surface area contributed by atoms with Crippen LogP contribution < -0.4 is 4.90 Å². The van der Waals surface area contributed by atoms with Crippen molar-refractivity contribution >= 4 is 17.5 Å². The molecular formula is C11H15N3O5. The van der Waals surface area contributed by atoms with Crippen LogP contribution in [0.2, 0.25) is 0 Å². The summed E-state index contributed by atoms with van der Waals surface area (Å²) in [4.78, 5) is 26.6. The van der Waals surface area contributed by atoms with Gasteiger partial charge >= 0.3 is 11.7 Å². The molecule has 1 aromatic heterocycles. The maximum absolute atomic E-state index is 11.1. The Hall–Kier alpha value is -2.22. The highest BCUT2D eigenvalue weighted by molar-refractivity contribution is 5.75. The van der Waals surface area contributed by atoms with E-state index in [2.05, 4.69) is 4.98 Å². The molecule has 0 saturated carbocycles. The number of nitro groups is 1. The van der Waals surface area contributed by atoms with Crippen molar-refractivity contribution in [1.82, 2.24) is 4.98 Å². The number of ether oxygens (including phenoxy) is 1. The molecule has 0 fully saturated rings. The number of aryl methyl sites for hydroxylation is 1. The lowest BCUT2D eigenvalue weighted by molar-refractivity contribution is -0.384. The number of aliphatic carboxylic acids is 1. The number of hydrogen-bond donors (Lipinski definition) is 1. The van der Waals surface area contributed by atoms with Crippen LogP contribution in [0.25, 0.3) is 0 Å². The van der Waals surface area contributed by atoms with Crippen LogP contribution in [0.5, 0.6) is 0 Å². The average molecular weight is 269 g/mol. The van der Waals surface area contributed by atoms with Crippen molar-refractivity contribution in [2.75, 3.05) is 31.7 Å². The van der Waals surface area contributed by atoms with Crippen molar-refractivity contribution in [2.24, 2.45) is 0 Å². The number of anilines is 1. The third-order valence-corrected chi connectivity index (χ3v) is 2.48. The van der Waals surface area contributed by atoms with Gasteiger partial charge < -0.3 is 14.7 Å². The van der Waals surface area contributed by atoms with Crippen molar-refractivity contribution in [3.63, 3.8) is 0 Å². The van der Waals surface area contributed by atoms with E-state index < -0.39 is 10.9 Å². The van der Waals surface area contributed by atoms with E-state index in [0.717, 1.165) is 0 Å². The Morgan fingerprint density at radius 1 is 1.63 bits per heavy atom. The number of carboxylic acid groups (broad SMARTS) is 1.